The summed E-state index contributed by atoms with van der Waals surface area (Å²) in [5.74, 6) is 0. The van der Waals surface area contributed by atoms with Crippen molar-refractivity contribution in [1.82, 2.24) is 4.31 Å². The van der Waals surface area contributed by atoms with Crippen LogP contribution in [-0.4, -0.2) is 50.7 Å². The lowest BCUT2D eigenvalue weighted by Crippen LogP contribution is -2.57. The fourth-order valence-corrected chi connectivity index (χ4v) is 5.48. The number of rotatable bonds is 4. The fraction of sp³-hybridized carbons (Fsp3) is 0.391. The van der Waals surface area contributed by atoms with Crippen LogP contribution in [0.1, 0.15) is 24.0 Å². The Labute approximate surface area is 173 Å². The van der Waals surface area contributed by atoms with E-state index in [1.165, 1.54) is 0 Å². The first-order valence-electron chi connectivity index (χ1n) is 10.0. The number of nitrogens with zero attached hydrogens (tertiary/aromatic N) is 1. The third-order valence-corrected chi connectivity index (χ3v) is 7.50. The van der Waals surface area contributed by atoms with Gasteiger partial charge in [-0.3, -0.25) is 0 Å². The second kappa shape index (κ2) is 8.40. The van der Waals surface area contributed by atoms with Gasteiger partial charge in [-0.15, -0.1) is 0 Å². The molecule has 29 heavy (non-hydrogen) atoms. The summed E-state index contributed by atoms with van der Waals surface area (Å²) in [6.07, 6.45) is 5.35. The molecule has 0 N–H and O–H groups in total. The van der Waals surface area contributed by atoms with Gasteiger partial charge in [0.05, 0.1) is 29.8 Å². The molecule has 2 aliphatic heterocycles. The molecule has 0 aliphatic carbocycles. The minimum absolute atomic E-state index is 0.0917. The Hall–Kier alpha value is -1.99. The summed E-state index contributed by atoms with van der Waals surface area (Å²) in [7, 11) is -3.53. The van der Waals surface area contributed by atoms with Gasteiger partial charge >= 0.3 is 0 Å². The summed E-state index contributed by atoms with van der Waals surface area (Å²) in [5.41, 5.74) is 1.66. The van der Waals surface area contributed by atoms with Crippen LogP contribution in [-0.2, 0) is 19.5 Å². The van der Waals surface area contributed by atoms with Crippen molar-refractivity contribution in [2.75, 3.05) is 26.3 Å². The van der Waals surface area contributed by atoms with E-state index in [9.17, 15) is 8.42 Å². The third kappa shape index (κ3) is 4.61. The molecule has 0 unspecified atom stereocenters. The van der Waals surface area contributed by atoms with Gasteiger partial charge in [-0.1, -0.05) is 60.2 Å². The molecule has 0 saturated carbocycles. The normalized spacial score (nSPS) is 26.2. The second-order valence-corrected chi connectivity index (χ2v) is 9.75. The molecule has 2 heterocycles. The molecule has 154 valence electrons. The van der Waals surface area contributed by atoms with Gasteiger partial charge in [0, 0.05) is 25.9 Å². The van der Waals surface area contributed by atoms with Crippen molar-refractivity contribution in [3.8, 4) is 0 Å². The number of hydrogen-bond acceptors (Lipinski definition) is 4. The number of ether oxygens (including phenoxy) is 2. The molecule has 5 nitrogen and oxygen atoms in total. The van der Waals surface area contributed by atoms with Crippen molar-refractivity contribution in [3.05, 3.63) is 71.8 Å². The zero-order valence-electron chi connectivity index (χ0n) is 16.7. The molecule has 2 atom stereocenters. The van der Waals surface area contributed by atoms with Crippen LogP contribution in [0.5, 0.6) is 0 Å². The summed E-state index contributed by atoms with van der Waals surface area (Å²) in [6.45, 7) is 3.65. The summed E-state index contributed by atoms with van der Waals surface area (Å²) >= 11 is 0. The maximum absolute atomic E-state index is 13.1. The number of hydrogen-bond donors (Lipinski definition) is 0. The quantitative estimate of drug-likeness (QED) is 0.768. The molecule has 4 rings (SSSR count). The molecule has 2 fully saturated rings. The highest BCUT2D eigenvalue weighted by atomic mass is 32.2. The van der Waals surface area contributed by atoms with Crippen LogP contribution in [0, 0.1) is 6.92 Å². The Morgan fingerprint density at radius 3 is 2.59 bits per heavy atom. The lowest BCUT2D eigenvalue weighted by Gasteiger charge is -2.46. The molecule has 0 amide bonds. The van der Waals surface area contributed by atoms with Gasteiger partial charge in [0.2, 0.25) is 10.0 Å². The van der Waals surface area contributed by atoms with Gasteiger partial charge in [-0.2, -0.15) is 4.31 Å². The van der Waals surface area contributed by atoms with Crippen molar-refractivity contribution < 1.29 is 17.9 Å². The van der Waals surface area contributed by atoms with Crippen molar-refractivity contribution in [2.45, 2.75) is 36.4 Å². The van der Waals surface area contributed by atoms with E-state index in [-0.39, 0.29) is 6.10 Å². The number of morpholine rings is 1. The van der Waals surface area contributed by atoms with E-state index < -0.39 is 15.6 Å². The fourth-order valence-electron chi connectivity index (χ4n) is 3.98. The van der Waals surface area contributed by atoms with Crippen LogP contribution < -0.4 is 0 Å². The highest BCUT2D eigenvalue weighted by Gasteiger charge is 2.44. The van der Waals surface area contributed by atoms with Gasteiger partial charge in [-0.25, -0.2) is 8.42 Å². The lowest BCUT2D eigenvalue weighted by atomic mass is 9.88. The first-order chi connectivity index (χ1) is 14.0. The van der Waals surface area contributed by atoms with Crippen molar-refractivity contribution in [3.63, 3.8) is 0 Å². The monoisotopic (exact) mass is 413 g/mol. The van der Waals surface area contributed by atoms with Crippen molar-refractivity contribution >= 4 is 16.1 Å². The zero-order chi connectivity index (χ0) is 20.3. The van der Waals surface area contributed by atoms with Crippen LogP contribution in [0.2, 0.25) is 0 Å². The highest BCUT2D eigenvalue weighted by Crippen LogP contribution is 2.34. The molecule has 2 saturated heterocycles. The van der Waals surface area contributed by atoms with Gasteiger partial charge in [0.25, 0.3) is 0 Å². The highest BCUT2D eigenvalue weighted by molar-refractivity contribution is 7.89. The molecule has 2 aromatic carbocycles. The number of sulfonamides is 1. The molecular formula is C23H27NO4S. The molecule has 0 aromatic heterocycles. The van der Waals surface area contributed by atoms with Crippen molar-refractivity contribution in [2.24, 2.45) is 0 Å². The number of aryl methyl sites for hydroxylation is 1. The van der Waals surface area contributed by atoms with E-state index >= 15 is 0 Å². The minimum Gasteiger partial charge on any atom is -0.374 e. The first kappa shape index (κ1) is 20.3. The predicted molar refractivity (Wildman–Crippen MR) is 113 cm³/mol. The minimum atomic E-state index is -3.53. The van der Waals surface area contributed by atoms with Gasteiger partial charge in [0.15, 0.2) is 0 Å². The topological polar surface area (TPSA) is 55.8 Å². The lowest BCUT2D eigenvalue weighted by molar-refractivity contribution is -0.153. The molecule has 1 spiro atoms. The summed E-state index contributed by atoms with van der Waals surface area (Å²) < 4.78 is 39.9. The van der Waals surface area contributed by atoms with E-state index in [0.717, 1.165) is 11.1 Å². The summed E-state index contributed by atoms with van der Waals surface area (Å²) in [5, 5.41) is 0. The summed E-state index contributed by atoms with van der Waals surface area (Å²) in [6, 6.07) is 17.1. The van der Waals surface area contributed by atoms with E-state index in [0.29, 0.717) is 44.0 Å². The molecular weight excluding hydrogens is 386 g/mol. The van der Waals surface area contributed by atoms with E-state index in [1.807, 2.05) is 61.5 Å². The Balaban J connectivity index is 1.49. The van der Waals surface area contributed by atoms with Crippen LogP contribution in [0.25, 0.3) is 6.08 Å². The van der Waals surface area contributed by atoms with Crippen LogP contribution in [0.4, 0.5) is 0 Å². The van der Waals surface area contributed by atoms with Gasteiger partial charge in [-0.05, 0) is 24.6 Å². The Bertz CT molecular complexity index is 952. The standard InChI is InChI=1S/C23H27NO4S/c1-19-7-11-22(12-8-19)29(25,26)24-14-16-28-23(18-24)13-15-27-21(17-23)10-9-20-5-3-2-4-6-20/h2-12,21H,13-18H2,1H3/b10-9+/t21-,23+/m1/s1. The van der Waals surface area contributed by atoms with E-state index in [1.54, 1.807) is 16.4 Å². The average Bonchev–Trinajstić information content (AvgIpc) is 2.73. The predicted octanol–water partition coefficient (Wildman–Crippen LogP) is 3.65. The molecule has 0 radical (unpaired) electrons. The van der Waals surface area contributed by atoms with Gasteiger partial charge in [0.1, 0.15) is 0 Å². The maximum Gasteiger partial charge on any atom is 0.243 e. The Morgan fingerprint density at radius 2 is 1.83 bits per heavy atom. The smallest absolute Gasteiger partial charge is 0.243 e. The van der Waals surface area contributed by atoms with Crippen LogP contribution >= 0.6 is 0 Å². The van der Waals surface area contributed by atoms with E-state index in [4.69, 9.17) is 9.47 Å². The number of benzene rings is 2. The van der Waals surface area contributed by atoms with Crippen LogP contribution in [0.3, 0.4) is 0 Å². The first-order valence-corrected chi connectivity index (χ1v) is 11.5. The van der Waals surface area contributed by atoms with E-state index in [2.05, 4.69) is 0 Å². The molecule has 0 bridgehead atoms. The van der Waals surface area contributed by atoms with Gasteiger partial charge < -0.3 is 9.47 Å². The SMILES string of the molecule is Cc1ccc(S(=O)(=O)N2CCO[C@]3(CCO[C@H](/C=C/c4ccccc4)C3)C2)cc1. The molecule has 2 aromatic rings. The summed E-state index contributed by atoms with van der Waals surface area (Å²) in [4.78, 5) is 0.340. The Kier molecular flexibility index (Phi) is 5.88. The largest absolute Gasteiger partial charge is 0.374 e. The third-order valence-electron chi connectivity index (χ3n) is 5.64. The molecule has 2 aliphatic rings. The van der Waals surface area contributed by atoms with Crippen molar-refractivity contribution in [1.29, 1.82) is 0 Å². The zero-order valence-corrected chi connectivity index (χ0v) is 17.5. The Morgan fingerprint density at radius 1 is 1.07 bits per heavy atom. The van der Waals surface area contributed by atoms with Crippen LogP contribution in [0.15, 0.2) is 65.6 Å². The molecule has 6 heteroatoms. The average molecular weight is 414 g/mol. The second-order valence-electron chi connectivity index (χ2n) is 7.82. The maximum atomic E-state index is 13.1.